The molecule has 0 aliphatic heterocycles. The van der Waals surface area contributed by atoms with Gasteiger partial charge in [0, 0.05) is 33.3 Å². The molecular weight excluding hydrogens is 264 g/mol. The topological polar surface area (TPSA) is 53.9 Å². The molecule has 5 nitrogen and oxygen atoms in total. The fourth-order valence-electron chi connectivity index (χ4n) is 2.38. The third kappa shape index (κ3) is 2.67. The Morgan fingerprint density at radius 3 is 2.81 bits per heavy atom. The van der Waals surface area contributed by atoms with Crippen LogP contribution < -0.4 is 0 Å². The molecule has 0 saturated carbocycles. The highest BCUT2D eigenvalue weighted by Crippen LogP contribution is 2.11. The summed E-state index contributed by atoms with van der Waals surface area (Å²) in [5.41, 5.74) is 2.69. The summed E-state index contributed by atoms with van der Waals surface area (Å²) < 4.78 is 1.83. The minimum atomic E-state index is 0.0265. The van der Waals surface area contributed by atoms with Crippen LogP contribution in [0.2, 0.25) is 0 Å². The molecule has 0 bridgehead atoms. The molecule has 0 aliphatic carbocycles. The summed E-state index contributed by atoms with van der Waals surface area (Å²) in [5, 5.41) is 0. The number of carbonyl (C=O) groups is 1. The number of nitrogens with one attached hydrogen (secondary N) is 1. The van der Waals surface area contributed by atoms with E-state index in [4.69, 9.17) is 0 Å². The Balaban J connectivity index is 1.67. The van der Waals surface area contributed by atoms with E-state index in [1.54, 1.807) is 4.90 Å². The highest BCUT2D eigenvalue weighted by Gasteiger charge is 2.14. The van der Waals surface area contributed by atoms with E-state index in [1.165, 1.54) is 0 Å². The molecule has 0 unspecified atom stereocenters. The minimum absolute atomic E-state index is 0.0265. The molecule has 0 aliphatic rings. The number of rotatable bonds is 4. The van der Waals surface area contributed by atoms with Crippen LogP contribution in [-0.4, -0.2) is 38.9 Å². The van der Waals surface area contributed by atoms with E-state index in [-0.39, 0.29) is 5.91 Å². The van der Waals surface area contributed by atoms with Crippen molar-refractivity contribution in [3.05, 3.63) is 54.1 Å². The summed E-state index contributed by atoms with van der Waals surface area (Å²) in [6, 6.07) is 11.6. The smallest absolute Gasteiger partial charge is 0.270 e. The quantitative estimate of drug-likeness (QED) is 0.797. The average molecular weight is 282 g/mol. The first-order chi connectivity index (χ1) is 10.1. The number of fused-ring (bicyclic) bond motifs is 1. The van der Waals surface area contributed by atoms with Gasteiger partial charge in [-0.3, -0.25) is 4.79 Å². The van der Waals surface area contributed by atoms with Gasteiger partial charge in [-0.2, -0.15) is 0 Å². The van der Waals surface area contributed by atoms with Gasteiger partial charge in [-0.15, -0.1) is 0 Å². The van der Waals surface area contributed by atoms with E-state index < -0.39 is 0 Å². The first-order valence-electron chi connectivity index (χ1n) is 6.95. The zero-order valence-corrected chi connectivity index (χ0v) is 12.2. The van der Waals surface area contributed by atoms with Gasteiger partial charge in [0.25, 0.3) is 5.91 Å². The molecule has 0 radical (unpaired) electrons. The number of aromatic nitrogens is 3. The fourth-order valence-corrected chi connectivity index (χ4v) is 2.38. The molecule has 108 valence electrons. The molecule has 1 amide bonds. The van der Waals surface area contributed by atoms with E-state index in [2.05, 4.69) is 9.97 Å². The number of hydrogen-bond donors (Lipinski definition) is 1. The van der Waals surface area contributed by atoms with E-state index in [9.17, 15) is 4.79 Å². The van der Waals surface area contributed by atoms with Gasteiger partial charge in [0.15, 0.2) is 0 Å². The zero-order valence-electron chi connectivity index (χ0n) is 12.2. The molecule has 2 aromatic heterocycles. The number of aromatic amines is 1. The molecule has 0 fully saturated rings. The summed E-state index contributed by atoms with van der Waals surface area (Å²) in [4.78, 5) is 21.8. The molecule has 0 atom stereocenters. The lowest BCUT2D eigenvalue weighted by molar-refractivity contribution is 0.0787. The van der Waals surface area contributed by atoms with Crippen molar-refractivity contribution in [3.63, 3.8) is 0 Å². The number of benzene rings is 1. The maximum atomic E-state index is 12.3. The Morgan fingerprint density at radius 1 is 1.29 bits per heavy atom. The number of nitrogens with zero attached hydrogens (tertiary/aromatic N) is 3. The van der Waals surface area contributed by atoms with E-state index >= 15 is 0 Å². The predicted molar refractivity (Wildman–Crippen MR) is 82.2 cm³/mol. The summed E-state index contributed by atoms with van der Waals surface area (Å²) in [6.07, 6.45) is 2.58. The second-order valence-corrected chi connectivity index (χ2v) is 5.18. The molecule has 1 aromatic carbocycles. The lowest BCUT2D eigenvalue weighted by atomic mass is 10.3. The Kier molecular flexibility index (Phi) is 3.48. The molecular formula is C16H18N4O. The van der Waals surface area contributed by atoms with Gasteiger partial charge in [0.2, 0.25) is 0 Å². The molecule has 0 saturated heterocycles. The van der Waals surface area contributed by atoms with Gasteiger partial charge in [0.05, 0.1) is 11.0 Å². The van der Waals surface area contributed by atoms with Crippen molar-refractivity contribution in [2.24, 2.45) is 7.05 Å². The minimum Gasteiger partial charge on any atom is -0.347 e. The third-order valence-corrected chi connectivity index (χ3v) is 3.63. The van der Waals surface area contributed by atoms with Crippen molar-refractivity contribution in [2.75, 3.05) is 13.6 Å². The predicted octanol–water partition coefficient (Wildman–Crippen LogP) is 2.22. The van der Waals surface area contributed by atoms with E-state index in [1.807, 2.05) is 61.3 Å². The Bertz CT molecular complexity index is 738. The molecule has 21 heavy (non-hydrogen) atoms. The van der Waals surface area contributed by atoms with Crippen molar-refractivity contribution in [2.45, 2.75) is 6.42 Å². The Labute approximate surface area is 123 Å². The van der Waals surface area contributed by atoms with Gasteiger partial charge in [0.1, 0.15) is 11.5 Å². The normalized spacial score (nSPS) is 11.0. The number of imidazole rings is 1. The maximum Gasteiger partial charge on any atom is 0.270 e. The summed E-state index contributed by atoms with van der Waals surface area (Å²) in [6.45, 7) is 0.629. The van der Waals surface area contributed by atoms with Crippen LogP contribution in [0.5, 0.6) is 0 Å². The molecule has 3 rings (SSSR count). The van der Waals surface area contributed by atoms with Gasteiger partial charge in [-0.25, -0.2) is 4.98 Å². The van der Waals surface area contributed by atoms with Crippen molar-refractivity contribution in [3.8, 4) is 0 Å². The van der Waals surface area contributed by atoms with Gasteiger partial charge < -0.3 is 14.5 Å². The van der Waals surface area contributed by atoms with Gasteiger partial charge in [-0.05, 0) is 24.3 Å². The molecule has 5 heteroatoms. The molecule has 2 heterocycles. The van der Waals surface area contributed by atoms with Crippen molar-refractivity contribution in [1.82, 2.24) is 19.4 Å². The first kappa shape index (κ1) is 13.4. The van der Waals surface area contributed by atoms with Crippen LogP contribution in [0.3, 0.4) is 0 Å². The van der Waals surface area contributed by atoms with Gasteiger partial charge in [-0.1, -0.05) is 12.1 Å². The maximum absolute atomic E-state index is 12.3. The van der Waals surface area contributed by atoms with Crippen molar-refractivity contribution in [1.29, 1.82) is 0 Å². The Hall–Kier alpha value is -2.56. The number of amides is 1. The average Bonchev–Trinajstić information content (AvgIpc) is 3.09. The highest BCUT2D eigenvalue weighted by atomic mass is 16.2. The summed E-state index contributed by atoms with van der Waals surface area (Å²) in [5.74, 6) is 0.932. The molecule has 0 spiro atoms. The van der Waals surface area contributed by atoms with Crippen molar-refractivity contribution < 1.29 is 4.79 Å². The van der Waals surface area contributed by atoms with Crippen LogP contribution in [0.4, 0.5) is 0 Å². The number of hydrogen-bond acceptors (Lipinski definition) is 2. The van der Waals surface area contributed by atoms with Crippen molar-refractivity contribution >= 4 is 16.9 Å². The van der Waals surface area contributed by atoms with E-state index in [0.717, 1.165) is 16.9 Å². The SMILES string of the molecule is CN(CCc1nc2ccccc2[nH]1)C(=O)c1cccn1C. The molecule has 1 N–H and O–H groups in total. The Morgan fingerprint density at radius 2 is 2.10 bits per heavy atom. The monoisotopic (exact) mass is 282 g/mol. The lowest BCUT2D eigenvalue weighted by Crippen LogP contribution is -2.30. The summed E-state index contributed by atoms with van der Waals surface area (Å²) in [7, 11) is 3.69. The van der Waals surface area contributed by atoms with Crippen LogP contribution in [0, 0.1) is 0 Å². The lowest BCUT2D eigenvalue weighted by Gasteiger charge is -2.16. The number of likely N-dealkylation sites (N-methyl/N-ethyl adjacent to an activating group) is 1. The van der Waals surface area contributed by atoms with Gasteiger partial charge >= 0.3 is 0 Å². The van der Waals surface area contributed by atoms with Crippen LogP contribution >= 0.6 is 0 Å². The number of aryl methyl sites for hydroxylation is 1. The van der Waals surface area contributed by atoms with Crippen LogP contribution in [0.25, 0.3) is 11.0 Å². The molecule has 3 aromatic rings. The fraction of sp³-hybridized carbons (Fsp3) is 0.250. The second kappa shape index (κ2) is 5.44. The number of carbonyl (C=O) groups excluding carboxylic acids is 1. The standard InChI is InChI=1S/C16H18N4O/c1-19-10-5-8-14(19)16(21)20(2)11-9-15-17-12-6-3-4-7-13(12)18-15/h3-8,10H,9,11H2,1-2H3,(H,17,18). The zero-order chi connectivity index (χ0) is 14.8. The number of para-hydroxylation sites is 2. The third-order valence-electron chi connectivity index (χ3n) is 3.63. The highest BCUT2D eigenvalue weighted by molar-refractivity contribution is 5.92. The summed E-state index contributed by atoms with van der Waals surface area (Å²) >= 11 is 0. The van der Waals surface area contributed by atoms with Crippen LogP contribution in [0.15, 0.2) is 42.6 Å². The first-order valence-corrected chi connectivity index (χ1v) is 6.95. The van der Waals surface area contributed by atoms with E-state index in [0.29, 0.717) is 18.7 Å². The van der Waals surface area contributed by atoms with Crippen LogP contribution in [0.1, 0.15) is 16.3 Å². The van der Waals surface area contributed by atoms with Crippen LogP contribution in [-0.2, 0) is 13.5 Å². The number of H-pyrrole nitrogens is 1. The second-order valence-electron chi connectivity index (χ2n) is 5.18. The largest absolute Gasteiger partial charge is 0.347 e.